The highest BCUT2D eigenvalue weighted by Gasteiger charge is 2.23. The maximum Gasteiger partial charge on any atom is 0.293 e. The van der Waals surface area contributed by atoms with Crippen molar-refractivity contribution in [2.45, 2.75) is 12.8 Å². The molecule has 1 N–H and O–H groups in total. The normalized spacial score (nSPS) is 16.4. The highest BCUT2D eigenvalue weighted by atomic mass is 16.6. The fourth-order valence-corrected chi connectivity index (χ4v) is 3.27. The number of H-pyrrole nitrogens is 1. The van der Waals surface area contributed by atoms with Crippen LogP contribution in [0.4, 0.5) is 11.4 Å². The van der Waals surface area contributed by atoms with Gasteiger partial charge < -0.3 is 14.8 Å². The van der Waals surface area contributed by atoms with Gasteiger partial charge in [0.1, 0.15) is 5.69 Å². The Bertz CT molecular complexity index is 811. The van der Waals surface area contributed by atoms with Gasteiger partial charge >= 0.3 is 0 Å². The van der Waals surface area contributed by atoms with Gasteiger partial charge in [0.05, 0.1) is 22.2 Å². The number of anilines is 1. The van der Waals surface area contributed by atoms with E-state index in [-0.39, 0.29) is 16.6 Å². The Balaban J connectivity index is 1.93. The Hall–Kier alpha value is -2.48. The van der Waals surface area contributed by atoms with Crippen LogP contribution in [0.5, 0.6) is 0 Å². The van der Waals surface area contributed by atoms with Crippen LogP contribution in [0.25, 0.3) is 10.9 Å². The largest absolute Gasteiger partial charge is 0.369 e. The molecular formula is C16H21N5O3. The molecule has 2 aromatic rings. The van der Waals surface area contributed by atoms with E-state index in [1.54, 1.807) is 6.07 Å². The molecule has 1 aliphatic heterocycles. The molecule has 0 radical (unpaired) electrons. The topological polar surface area (TPSA) is 95.4 Å². The number of aromatic nitrogens is 2. The third-order valence-corrected chi connectivity index (χ3v) is 4.71. The van der Waals surface area contributed by atoms with Crippen molar-refractivity contribution in [3.63, 3.8) is 0 Å². The van der Waals surface area contributed by atoms with Crippen LogP contribution < -0.4 is 10.5 Å². The van der Waals surface area contributed by atoms with E-state index in [9.17, 15) is 14.9 Å². The number of likely N-dealkylation sites (tertiary alicyclic amines) is 1. The van der Waals surface area contributed by atoms with Crippen LogP contribution in [0.2, 0.25) is 0 Å². The summed E-state index contributed by atoms with van der Waals surface area (Å²) >= 11 is 0. The Morgan fingerprint density at radius 2 is 2.12 bits per heavy atom. The number of nitrogens with zero attached hydrogens (tertiary/aromatic N) is 4. The molecule has 1 aromatic heterocycles. The van der Waals surface area contributed by atoms with Crippen molar-refractivity contribution in [1.29, 1.82) is 0 Å². The first-order valence-corrected chi connectivity index (χ1v) is 8.01. The monoisotopic (exact) mass is 331 g/mol. The Kier molecular flexibility index (Phi) is 4.48. The van der Waals surface area contributed by atoms with Gasteiger partial charge in [-0.25, -0.2) is 4.98 Å². The quantitative estimate of drug-likeness (QED) is 0.675. The van der Waals surface area contributed by atoms with Gasteiger partial charge in [-0.15, -0.1) is 0 Å². The molecule has 8 heteroatoms. The number of nitro groups is 1. The zero-order valence-electron chi connectivity index (χ0n) is 13.9. The molecule has 0 atom stereocenters. The first kappa shape index (κ1) is 16.4. The molecule has 1 saturated heterocycles. The van der Waals surface area contributed by atoms with Crippen LogP contribution in [0.15, 0.2) is 23.3 Å². The first-order chi connectivity index (χ1) is 11.5. The van der Waals surface area contributed by atoms with E-state index in [1.165, 1.54) is 12.4 Å². The van der Waals surface area contributed by atoms with Gasteiger partial charge in [-0.05, 0) is 45.0 Å². The maximum atomic E-state index is 11.8. The first-order valence-electron chi connectivity index (χ1n) is 8.01. The van der Waals surface area contributed by atoms with Gasteiger partial charge in [-0.2, -0.15) is 0 Å². The number of hydrogen-bond acceptors (Lipinski definition) is 6. The van der Waals surface area contributed by atoms with Crippen molar-refractivity contribution in [3.8, 4) is 0 Å². The molecule has 1 aliphatic rings. The van der Waals surface area contributed by atoms with Crippen LogP contribution in [0.1, 0.15) is 12.8 Å². The SMILES string of the molecule is CN1CCC(CN(C)c2cc3nc[nH]c(=O)c3cc2[N+](=O)[O-])CC1. The lowest BCUT2D eigenvalue weighted by molar-refractivity contribution is -0.384. The van der Waals surface area contributed by atoms with E-state index in [1.807, 2.05) is 11.9 Å². The number of aromatic amines is 1. The van der Waals surface area contributed by atoms with Crippen LogP contribution in [0.3, 0.4) is 0 Å². The van der Waals surface area contributed by atoms with E-state index >= 15 is 0 Å². The molecule has 128 valence electrons. The average Bonchev–Trinajstić information content (AvgIpc) is 2.56. The number of fused-ring (bicyclic) bond motifs is 1. The molecule has 2 heterocycles. The molecule has 1 aromatic carbocycles. The summed E-state index contributed by atoms with van der Waals surface area (Å²) in [5, 5.41) is 11.7. The lowest BCUT2D eigenvalue weighted by Crippen LogP contribution is -2.35. The summed E-state index contributed by atoms with van der Waals surface area (Å²) < 4.78 is 0. The lowest BCUT2D eigenvalue weighted by atomic mass is 9.96. The molecule has 0 bridgehead atoms. The molecule has 8 nitrogen and oxygen atoms in total. The van der Waals surface area contributed by atoms with Crippen molar-refractivity contribution in [2.24, 2.45) is 5.92 Å². The van der Waals surface area contributed by atoms with Crippen LogP contribution in [-0.4, -0.2) is 53.5 Å². The molecular weight excluding hydrogens is 310 g/mol. The maximum absolute atomic E-state index is 11.8. The zero-order chi connectivity index (χ0) is 17.3. The molecule has 24 heavy (non-hydrogen) atoms. The van der Waals surface area contributed by atoms with Gasteiger partial charge in [-0.3, -0.25) is 14.9 Å². The highest BCUT2D eigenvalue weighted by Crippen LogP contribution is 2.31. The zero-order valence-corrected chi connectivity index (χ0v) is 13.9. The van der Waals surface area contributed by atoms with Crippen molar-refractivity contribution < 1.29 is 4.92 Å². The predicted molar refractivity (Wildman–Crippen MR) is 92.5 cm³/mol. The minimum Gasteiger partial charge on any atom is -0.369 e. The molecule has 0 saturated carbocycles. The third-order valence-electron chi connectivity index (χ3n) is 4.71. The van der Waals surface area contributed by atoms with Gasteiger partial charge in [0.2, 0.25) is 0 Å². The van der Waals surface area contributed by atoms with Gasteiger partial charge in [0.15, 0.2) is 0 Å². The number of hydrogen-bond donors (Lipinski definition) is 1. The predicted octanol–water partition coefficient (Wildman–Crippen LogP) is 1.61. The summed E-state index contributed by atoms with van der Waals surface area (Å²) in [5.41, 5.74) is 0.545. The van der Waals surface area contributed by atoms with Gasteiger partial charge in [0.25, 0.3) is 11.2 Å². The van der Waals surface area contributed by atoms with E-state index in [0.29, 0.717) is 17.1 Å². The van der Waals surface area contributed by atoms with Gasteiger partial charge in [-0.1, -0.05) is 0 Å². The molecule has 0 aliphatic carbocycles. The van der Waals surface area contributed by atoms with Crippen molar-refractivity contribution >= 4 is 22.3 Å². The molecule has 3 rings (SSSR count). The second-order valence-electron chi connectivity index (χ2n) is 6.47. The minimum atomic E-state index is -0.438. The summed E-state index contributed by atoms with van der Waals surface area (Å²) in [5.74, 6) is 0.508. The Morgan fingerprint density at radius 3 is 2.79 bits per heavy atom. The van der Waals surface area contributed by atoms with Crippen LogP contribution in [-0.2, 0) is 0 Å². The van der Waals surface area contributed by atoms with Crippen molar-refractivity contribution in [3.05, 3.63) is 38.9 Å². The smallest absolute Gasteiger partial charge is 0.293 e. The molecule has 1 fully saturated rings. The number of piperidine rings is 1. The Morgan fingerprint density at radius 1 is 1.42 bits per heavy atom. The molecule has 0 amide bonds. The Labute approximate surface area is 139 Å². The minimum absolute atomic E-state index is 0.0589. The fourth-order valence-electron chi connectivity index (χ4n) is 3.27. The summed E-state index contributed by atoms with van der Waals surface area (Å²) in [6.07, 6.45) is 3.48. The summed E-state index contributed by atoms with van der Waals surface area (Å²) in [7, 11) is 3.97. The van der Waals surface area contributed by atoms with Crippen molar-refractivity contribution in [2.75, 3.05) is 38.6 Å². The summed E-state index contributed by atoms with van der Waals surface area (Å²) in [6, 6.07) is 2.96. The number of rotatable bonds is 4. The van der Waals surface area contributed by atoms with Crippen LogP contribution in [0, 0.1) is 16.0 Å². The number of nitrogens with one attached hydrogen (secondary N) is 1. The van der Waals surface area contributed by atoms with E-state index < -0.39 is 4.92 Å². The molecule has 0 unspecified atom stereocenters. The van der Waals surface area contributed by atoms with Crippen LogP contribution >= 0.6 is 0 Å². The number of benzene rings is 1. The van der Waals surface area contributed by atoms with E-state index in [0.717, 1.165) is 32.5 Å². The van der Waals surface area contributed by atoms with E-state index in [2.05, 4.69) is 21.9 Å². The summed E-state index contributed by atoms with van der Waals surface area (Å²) in [4.78, 5) is 33.7. The second-order valence-corrected chi connectivity index (χ2v) is 6.47. The molecule has 0 spiro atoms. The highest BCUT2D eigenvalue weighted by molar-refractivity contribution is 5.86. The van der Waals surface area contributed by atoms with E-state index in [4.69, 9.17) is 0 Å². The van der Waals surface area contributed by atoms with Gasteiger partial charge in [0, 0.05) is 19.7 Å². The lowest BCUT2D eigenvalue weighted by Gasteiger charge is -2.32. The number of nitro benzene ring substituents is 1. The second kappa shape index (κ2) is 6.56. The average molecular weight is 331 g/mol. The van der Waals surface area contributed by atoms with Crippen molar-refractivity contribution in [1.82, 2.24) is 14.9 Å². The standard InChI is InChI=1S/C16H21N5O3/c1-19-5-3-11(4-6-19)9-20(2)14-8-13-12(7-15(14)21(23)24)16(22)18-10-17-13/h7-8,10-11H,3-6,9H2,1-2H3,(H,17,18,22). The fraction of sp³-hybridized carbons (Fsp3) is 0.500. The third kappa shape index (κ3) is 3.23. The summed E-state index contributed by atoms with van der Waals surface area (Å²) in [6.45, 7) is 2.86.